The lowest BCUT2D eigenvalue weighted by Crippen LogP contribution is -2.43. The first-order valence-corrected chi connectivity index (χ1v) is 10.3. The number of nitrogens with one attached hydrogen (secondary N) is 1. The van der Waals surface area contributed by atoms with Crippen LogP contribution in [-0.2, 0) is 12.0 Å². The predicted molar refractivity (Wildman–Crippen MR) is 113 cm³/mol. The third kappa shape index (κ3) is 5.15. The van der Waals surface area contributed by atoms with Crippen LogP contribution in [0.4, 0.5) is 5.69 Å². The summed E-state index contributed by atoms with van der Waals surface area (Å²) in [5.74, 6) is -0.0766. The highest BCUT2D eigenvalue weighted by Gasteiger charge is 2.23. The molecule has 1 aliphatic heterocycles. The summed E-state index contributed by atoms with van der Waals surface area (Å²) in [6, 6.07) is 8.19. The molecule has 1 N–H and O–H groups in total. The number of hydrogen-bond acceptors (Lipinski definition) is 5. The van der Waals surface area contributed by atoms with E-state index in [9.17, 15) is 4.79 Å². The highest BCUT2D eigenvalue weighted by atomic mass is 32.1. The number of hydrogen-bond donors (Lipinski definition) is 1. The number of thiazole rings is 1. The SMILES string of the molecule is Cc1nc(C(C)(C)C)sc1C(=O)Nc1ccc(CN2CCN(C)CC2)cc1. The number of aromatic nitrogens is 1. The van der Waals surface area contributed by atoms with Crippen molar-refractivity contribution in [2.24, 2.45) is 0 Å². The Morgan fingerprint density at radius 1 is 1.15 bits per heavy atom. The third-order valence-electron chi connectivity index (χ3n) is 4.86. The molecule has 0 spiro atoms. The minimum Gasteiger partial charge on any atom is -0.321 e. The van der Waals surface area contributed by atoms with Crippen molar-refractivity contribution >= 4 is 22.9 Å². The van der Waals surface area contributed by atoms with Gasteiger partial charge in [0, 0.05) is 43.8 Å². The van der Waals surface area contributed by atoms with Crippen LogP contribution in [0.1, 0.15) is 46.7 Å². The fourth-order valence-electron chi connectivity index (χ4n) is 3.07. The number of carbonyl (C=O) groups excluding carboxylic acids is 1. The highest BCUT2D eigenvalue weighted by molar-refractivity contribution is 7.14. The number of benzene rings is 1. The molecule has 1 fully saturated rings. The first-order valence-electron chi connectivity index (χ1n) is 9.51. The van der Waals surface area contributed by atoms with Crippen LogP contribution < -0.4 is 5.32 Å². The smallest absolute Gasteiger partial charge is 0.267 e. The van der Waals surface area contributed by atoms with Crippen LogP contribution in [0.3, 0.4) is 0 Å². The molecule has 2 heterocycles. The van der Waals surface area contributed by atoms with Gasteiger partial charge in [0.25, 0.3) is 5.91 Å². The van der Waals surface area contributed by atoms with Crippen LogP contribution in [0.2, 0.25) is 0 Å². The van der Waals surface area contributed by atoms with E-state index in [0.717, 1.165) is 49.1 Å². The number of nitrogens with zero attached hydrogens (tertiary/aromatic N) is 3. The number of carbonyl (C=O) groups is 1. The lowest BCUT2D eigenvalue weighted by molar-refractivity contribution is 0.103. The van der Waals surface area contributed by atoms with Crippen molar-refractivity contribution in [3.63, 3.8) is 0 Å². The molecule has 6 heteroatoms. The first-order chi connectivity index (χ1) is 12.7. The number of amides is 1. The number of rotatable bonds is 4. The van der Waals surface area contributed by atoms with Crippen molar-refractivity contribution < 1.29 is 4.79 Å². The van der Waals surface area contributed by atoms with Gasteiger partial charge in [0.2, 0.25) is 0 Å². The molecule has 146 valence electrons. The topological polar surface area (TPSA) is 48.5 Å². The standard InChI is InChI=1S/C21H30N4OS/c1-15-18(27-20(22-15)21(2,3)4)19(26)23-17-8-6-16(7-9-17)14-25-12-10-24(5)11-13-25/h6-9H,10-14H2,1-5H3,(H,23,26). The van der Waals surface area contributed by atoms with Gasteiger partial charge in [-0.3, -0.25) is 9.69 Å². The van der Waals surface area contributed by atoms with E-state index in [2.05, 4.69) is 60.1 Å². The van der Waals surface area contributed by atoms with E-state index in [0.29, 0.717) is 4.88 Å². The second kappa shape index (κ2) is 8.09. The van der Waals surface area contributed by atoms with Crippen LogP contribution in [-0.4, -0.2) is 53.9 Å². The Balaban J connectivity index is 1.61. The minimum atomic E-state index is -0.0766. The van der Waals surface area contributed by atoms with E-state index in [1.54, 1.807) is 0 Å². The normalized spacial score (nSPS) is 16.5. The number of anilines is 1. The summed E-state index contributed by atoms with van der Waals surface area (Å²) in [7, 11) is 2.17. The van der Waals surface area contributed by atoms with Gasteiger partial charge in [0.15, 0.2) is 0 Å². The summed E-state index contributed by atoms with van der Waals surface area (Å²) in [4.78, 5) is 22.8. The molecule has 1 aromatic carbocycles. The second-order valence-electron chi connectivity index (χ2n) is 8.41. The first kappa shape index (κ1) is 20.0. The molecule has 3 rings (SSSR count). The number of likely N-dealkylation sites (N-methyl/N-ethyl adjacent to an activating group) is 1. The van der Waals surface area contributed by atoms with Gasteiger partial charge < -0.3 is 10.2 Å². The molecule has 1 saturated heterocycles. The van der Waals surface area contributed by atoms with Crippen LogP contribution in [0.25, 0.3) is 0 Å². The quantitative estimate of drug-likeness (QED) is 0.869. The average Bonchev–Trinajstić information content (AvgIpc) is 3.01. The fourth-order valence-corrected chi connectivity index (χ4v) is 4.09. The Bertz CT molecular complexity index is 784. The van der Waals surface area contributed by atoms with Crippen LogP contribution in [0.5, 0.6) is 0 Å². The molecule has 27 heavy (non-hydrogen) atoms. The molecule has 0 atom stereocenters. The largest absolute Gasteiger partial charge is 0.321 e. The summed E-state index contributed by atoms with van der Waals surface area (Å²) in [6.45, 7) is 13.7. The number of piperazine rings is 1. The van der Waals surface area contributed by atoms with E-state index in [4.69, 9.17) is 0 Å². The molecule has 0 aliphatic carbocycles. The zero-order valence-electron chi connectivity index (χ0n) is 17.0. The van der Waals surface area contributed by atoms with Crippen molar-refractivity contribution in [3.05, 3.63) is 45.4 Å². The Labute approximate surface area is 166 Å². The molecular formula is C21H30N4OS. The summed E-state index contributed by atoms with van der Waals surface area (Å²) in [6.07, 6.45) is 0. The maximum atomic E-state index is 12.7. The van der Waals surface area contributed by atoms with Crippen molar-refractivity contribution in [3.8, 4) is 0 Å². The fraction of sp³-hybridized carbons (Fsp3) is 0.524. The van der Waals surface area contributed by atoms with Gasteiger partial charge >= 0.3 is 0 Å². The van der Waals surface area contributed by atoms with Crippen LogP contribution in [0, 0.1) is 6.92 Å². The average molecular weight is 387 g/mol. The Morgan fingerprint density at radius 2 is 1.78 bits per heavy atom. The second-order valence-corrected chi connectivity index (χ2v) is 9.41. The zero-order chi connectivity index (χ0) is 19.6. The van der Waals surface area contributed by atoms with Gasteiger partial charge in [-0.2, -0.15) is 0 Å². The molecule has 1 aromatic heterocycles. The van der Waals surface area contributed by atoms with E-state index in [-0.39, 0.29) is 11.3 Å². The lowest BCUT2D eigenvalue weighted by Gasteiger charge is -2.32. The van der Waals surface area contributed by atoms with Crippen molar-refractivity contribution in [2.45, 2.75) is 39.7 Å². The summed E-state index contributed by atoms with van der Waals surface area (Å²) >= 11 is 1.49. The Morgan fingerprint density at radius 3 is 2.33 bits per heavy atom. The molecular weight excluding hydrogens is 356 g/mol. The van der Waals surface area contributed by atoms with Gasteiger partial charge in [0.1, 0.15) is 4.88 Å². The molecule has 0 unspecified atom stereocenters. The van der Waals surface area contributed by atoms with E-state index in [1.807, 2.05) is 19.1 Å². The van der Waals surface area contributed by atoms with E-state index < -0.39 is 0 Å². The van der Waals surface area contributed by atoms with Crippen molar-refractivity contribution in [1.29, 1.82) is 0 Å². The summed E-state index contributed by atoms with van der Waals surface area (Å²) in [5.41, 5.74) is 2.86. The Kier molecular flexibility index (Phi) is 5.99. The third-order valence-corrected chi connectivity index (χ3v) is 6.44. The molecule has 5 nitrogen and oxygen atoms in total. The van der Waals surface area contributed by atoms with Crippen LogP contribution in [0.15, 0.2) is 24.3 Å². The molecule has 0 bridgehead atoms. The monoisotopic (exact) mass is 386 g/mol. The molecule has 0 radical (unpaired) electrons. The van der Waals surface area contributed by atoms with E-state index >= 15 is 0 Å². The molecule has 2 aromatic rings. The van der Waals surface area contributed by atoms with Gasteiger partial charge in [-0.25, -0.2) is 4.98 Å². The summed E-state index contributed by atoms with van der Waals surface area (Å²) < 4.78 is 0. The maximum absolute atomic E-state index is 12.7. The molecule has 1 aliphatic rings. The minimum absolute atomic E-state index is 0.0428. The molecule has 0 saturated carbocycles. The van der Waals surface area contributed by atoms with Gasteiger partial charge in [-0.05, 0) is 31.7 Å². The molecule has 1 amide bonds. The Hall–Kier alpha value is -1.76. The van der Waals surface area contributed by atoms with Crippen molar-refractivity contribution in [2.75, 3.05) is 38.5 Å². The summed E-state index contributed by atoms with van der Waals surface area (Å²) in [5, 5.41) is 4.00. The van der Waals surface area contributed by atoms with Gasteiger partial charge in [-0.1, -0.05) is 32.9 Å². The van der Waals surface area contributed by atoms with E-state index in [1.165, 1.54) is 16.9 Å². The highest BCUT2D eigenvalue weighted by Crippen LogP contribution is 2.29. The number of aryl methyl sites for hydroxylation is 1. The zero-order valence-corrected chi connectivity index (χ0v) is 17.8. The maximum Gasteiger partial charge on any atom is 0.267 e. The van der Waals surface area contributed by atoms with Gasteiger partial charge in [-0.15, -0.1) is 11.3 Å². The lowest BCUT2D eigenvalue weighted by atomic mass is 9.98. The van der Waals surface area contributed by atoms with Gasteiger partial charge in [0.05, 0.1) is 10.7 Å². The van der Waals surface area contributed by atoms with Crippen molar-refractivity contribution in [1.82, 2.24) is 14.8 Å². The predicted octanol–water partition coefficient (Wildman–Crippen LogP) is 3.75. The van der Waals surface area contributed by atoms with Crippen LogP contribution >= 0.6 is 11.3 Å².